The molecule has 0 atom stereocenters. The van der Waals surface area contributed by atoms with Gasteiger partial charge in [-0.05, 0) is 19.1 Å². The number of carbonyl (C=O) groups is 1. The van der Waals surface area contributed by atoms with E-state index in [0.29, 0.717) is 0 Å². The zero-order chi connectivity index (χ0) is 13.4. The van der Waals surface area contributed by atoms with Crippen molar-refractivity contribution in [2.45, 2.75) is 6.92 Å². The SMILES string of the molecule is Cc1ccc2cccc(-n3cnc(C(=O)O)c3)c2n1. The maximum Gasteiger partial charge on any atom is 0.356 e. The number of imidazole rings is 1. The van der Waals surface area contributed by atoms with Crippen LogP contribution in [0.5, 0.6) is 0 Å². The molecule has 5 nitrogen and oxygen atoms in total. The Hall–Kier alpha value is -2.69. The molecule has 0 aliphatic rings. The highest BCUT2D eigenvalue weighted by Gasteiger charge is 2.10. The van der Waals surface area contributed by atoms with Crippen LogP contribution in [-0.4, -0.2) is 25.6 Å². The van der Waals surface area contributed by atoms with Crippen molar-refractivity contribution in [3.8, 4) is 5.69 Å². The van der Waals surface area contributed by atoms with E-state index in [-0.39, 0.29) is 5.69 Å². The van der Waals surface area contributed by atoms with Gasteiger partial charge in [0.2, 0.25) is 0 Å². The second-order valence-corrected chi connectivity index (χ2v) is 4.27. The van der Waals surface area contributed by atoms with E-state index in [1.165, 1.54) is 12.5 Å². The molecule has 0 spiro atoms. The number of aryl methyl sites for hydroxylation is 1. The Balaban J connectivity index is 2.23. The van der Waals surface area contributed by atoms with E-state index in [1.807, 2.05) is 37.3 Å². The minimum atomic E-state index is -1.04. The van der Waals surface area contributed by atoms with Crippen LogP contribution in [0.3, 0.4) is 0 Å². The van der Waals surface area contributed by atoms with Gasteiger partial charge in [0.05, 0.1) is 11.2 Å². The van der Waals surface area contributed by atoms with Crippen LogP contribution in [0.2, 0.25) is 0 Å². The topological polar surface area (TPSA) is 68.0 Å². The van der Waals surface area contributed by atoms with Gasteiger partial charge in [-0.15, -0.1) is 0 Å². The lowest BCUT2D eigenvalue weighted by molar-refractivity contribution is 0.0691. The number of carboxylic acid groups (broad SMARTS) is 1. The van der Waals surface area contributed by atoms with Crippen molar-refractivity contribution in [1.29, 1.82) is 0 Å². The van der Waals surface area contributed by atoms with Crippen LogP contribution in [-0.2, 0) is 0 Å². The van der Waals surface area contributed by atoms with Gasteiger partial charge in [0.25, 0.3) is 0 Å². The summed E-state index contributed by atoms with van der Waals surface area (Å²) in [5.41, 5.74) is 2.58. The summed E-state index contributed by atoms with van der Waals surface area (Å²) in [4.78, 5) is 19.2. The van der Waals surface area contributed by atoms with Crippen molar-refractivity contribution in [2.24, 2.45) is 0 Å². The highest BCUT2D eigenvalue weighted by atomic mass is 16.4. The van der Waals surface area contributed by atoms with Crippen LogP contribution >= 0.6 is 0 Å². The minimum Gasteiger partial charge on any atom is -0.476 e. The first-order chi connectivity index (χ1) is 9.15. The number of benzene rings is 1. The van der Waals surface area contributed by atoms with Gasteiger partial charge in [-0.25, -0.2) is 9.78 Å². The highest BCUT2D eigenvalue weighted by molar-refractivity contribution is 5.88. The predicted molar refractivity (Wildman–Crippen MR) is 70.6 cm³/mol. The van der Waals surface area contributed by atoms with Crippen molar-refractivity contribution in [3.05, 3.63) is 54.2 Å². The van der Waals surface area contributed by atoms with E-state index in [1.54, 1.807) is 4.57 Å². The summed E-state index contributed by atoms with van der Waals surface area (Å²) in [5, 5.41) is 9.92. The van der Waals surface area contributed by atoms with Crippen LogP contribution < -0.4 is 0 Å². The molecule has 0 aliphatic heterocycles. The number of rotatable bonds is 2. The van der Waals surface area contributed by atoms with Gasteiger partial charge in [-0.3, -0.25) is 4.98 Å². The van der Waals surface area contributed by atoms with Gasteiger partial charge in [0.1, 0.15) is 6.33 Å². The van der Waals surface area contributed by atoms with Crippen LogP contribution in [0, 0.1) is 6.92 Å². The molecule has 0 radical (unpaired) electrons. The first-order valence-electron chi connectivity index (χ1n) is 5.79. The van der Waals surface area contributed by atoms with E-state index in [2.05, 4.69) is 9.97 Å². The Morgan fingerprint density at radius 1 is 1.26 bits per heavy atom. The van der Waals surface area contributed by atoms with Gasteiger partial charge in [-0.2, -0.15) is 0 Å². The summed E-state index contributed by atoms with van der Waals surface area (Å²) in [6.07, 6.45) is 2.98. The maximum atomic E-state index is 10.9. The predicted octanol–water partition coefficient (Wildman–Crippen LogP) is 2.43. The number of para-hydroxylation sites is 1. The molecule has 0 fully saturated rings. The largest absolute Gasteiger partial charge is 0.476 e. The molecule has 1 N–H and O–H groups in total. The molecule has 0 amide bonds. The fourth-order valence-corrected chi connectivity index (χ4v) is 2.00. The normalized spacial score (nSPS) is 10.8. The Morgan fingerprint density at radius 2 is 2.11 bits per heavy atom. The Kier molecular flexibility index (Phi) is 2.52. The molecule has 5 heteroatoms. The summed E-state index contributed by atoms with van der Waals surface area (Å²) in [6.45, 7) is 1.92. The van der Waals surface area contributed by atoms with Crippen LogP contribution in [0.15, 0.2) is 42.9 Å². The van der Waals surface area contributed by atoms with Gasteiger partial charge in [0.15, 0.2) is 5.69 Å². The molecule has 0 aliphatic carbocycles. The monoisotopic (exact) mass is 253 g/mol. The van der Waals surface area contributed by atoms with E-state index in [9.17, 15) is 4.79 Å². The molecule has 3 rings (SSSR count). The third kappa shape index (κ3) is 1.95. The fourth-order valence-electron chi connectivity index (χ4n) is 2.00. The first-order valence-corrected chi connectivity index (χ1v) is 5.79. The Morgan fingerprint density at radius 3 is 2.84 bits per heavy atom. The van der Waals surface area contributed by atoms with Crippen LogP contribution in [0.4, 0.5) is 0 Å². The maximum absolute atomic E-state index is 10.9. The molecule has 0 saturated heterocycles. The molecule has 19 heavy (non-hydrogen) atoms. The average molecular weight is 253 g/mol. The van der Waals surface area contributed by atoms with Crippen molar-refractivity contribution >= 4 is 16.9 Å². The third-order valence-corrected chi connectivity index (χ3v) is 2.92. The van der Waals surface area contributed by atoms with Crippen molar-refractivity contribution in [1.82, 2.24) is 14.5 Å². The lowest BCUT2D eigenvalue weighted by Crippen LogP contribution is -1.97. The fraction of sp³-hybridized carbons (Fsp3) is 0.0714. The van der Waals surface area contributed by atoms with E-state index >= 15 is 0 Å². The molecule has 94 valence electrons. The average Bonchev–Trinajstić information content (AvgIpc) is 2.87. The molecule has 0 saturated carbocycles. The van der Waals surface area contributed by atoms with Crippen LogP contribution in [0.1, 0.15) is 16.2 Å². The summed E-state index contributed by atoms with van der Waals surface area (Å²) < 4.78 is 1.68. The standard InChI is InChI=1S/C14H11N3O2/c1-9-5-6-10-3-2-4-12(13(10)16-9)17-7-11(14(18)19)15-8-17/h2-8H,1H3,(H,18,19). The number of hydrogen-bond acceptors (Lipinski definition) is 3. The van der Waals surface area contributed by atoms with Crippen molar-refractivity contribution in [3.63, 3.8) is 0 Å². The summed E-state index contributed by atoms with van der Waals surface area (Å²) in [5.74, 6) is -1.04. The summed E-state index contributed by atoms with van der Waals surface area (Å²) >= 11 is 0. The molecule has 0 bridgehead atoms. The number of hydrogen-bond donors (Lipinski definition) is 1. The second kappa shape index (κ2) is 4.20. The second-order valence-electron chi connectivity index (χ2n) is 4.27. The van der Waals surface area contributed by atoms with Crippen LogP contribution in [0.25, 0.3) is 16.6 Å². The van der Waals surface area contributed by atoms with E-state index in [4.69, 9.17) is 5.11 Å². The number of fused-ring (bicyclic) bond motifs is 1. The molecule has 0 unspecified atom stereocenters. The highest BCUT2D eigenvalue weighted by Crippen LogP contribution is 2.21. The zero-order valence-corrected chi connectivity index (χ0v) is 10.2. The smallest absolute Gasteiger partial charge is 0.356 e. The van der Waals surface area contributed by atoms with Gasteiger partial charge in [0, 0.05) is 17.3 Å². The third-order valence-electron chi connectivity index (χ3n) is 2.92. The minimum absolute atomic E-state index is 0.0182. The number of carboxylic acids is 1. The molecule has 3 aromatic rings. The van der Waals surface area contributed by atoms with Gasteiger partial charge < -0.3 is 9.67 Å². The molecular weight excluding hydrogens is 242 g/mol. The van der Waals surface area contributed by atoms with Gasteiger partial charge in [-0.1, -0.05) is 18.2 Å². The van der Waals surface area contributed by atoms with E-state index in [0.717, 1.165) is 22.3 Å². The lowest BCUT2D eigenvalue weighted by atomic mass is 10.1. The van der Waals surface area contributed by atoms with Gasteiger partial charge >= 0.3 is 5.97 Å². The molecule has 2 aromatic heterocycles. The summed E-state index contributed by atoms with van der Waals surface area (Å²) in [7, 11) is 0. The quantitative estimate of drug-likeness (QED) is 0.761. The number of pyridine rings is 1. The molecular formula is C14H11N3O2. The molecule has 2 heterocycles. The zero-order valence-electron chi connectivity index (χ0n) is 10.2. The number of aromatic nitrogens is 3. The van der Waals surface area contributed by atoms with Crippen molar-refractivity contribution < 1.29 is 9.90 Å². The first kappa shape index (κ1) is 11.4. The van der Waals surface area contributed by atoms with Crippen molar-refractivity contribution in [2.75, 3.05) is 0 Å². The Labute approximate surface area is 109 Å². The van der Waals surface area contributed by atoms with E-state index < -0.39 is 5.97 Å². The Bertz CT molecular complexity index is 777. The molecule has 1 aromatic carbocycles. The number of nitrogens with zero attached hydrogens (tertiary/aromatic N) is 3. The summed E-state index contributed by atoms with van der Waals surface area (Å²) in [6, 6.07) is 9.72. The lowest BCUT2D eigenvalue weighted by Gasteiger charge is -2.06. The number of aromatic carboxylic acids is 1.